The van der Waals surface area contributed by atoms with Gasteiger partial charge >= 0.3 is 18.2 Å². The van der Waals surface area contributed by atoms with E-state index in [-0.39, 0.29) is 24.8 Å². The number of para-hydroxylation sites is 1. The molecule has 2 aromatic carbocycles. The minimum Gasteiger partial charge on any atom is -0.508 e. The lowest BCUT2D eigenvalue weighted by molar-refractivity contribution is -0.139. The van der Waals surface area contributed by atoms with Crippen LogP contribution in [0, 0.1) is 0 Å². The van der Waals surface area contributed by atoms with Crippen LogP contribution in [0.2, 0.25) is 0 Å². The van der Waals surface area contributed by atoms with E-state index in [0.717, 1.165) is 37.7 Å². The van der Waals surface area contributed by atoms with Crippen molar-refractivity contribution in [2.24, 2.45) is 0 Å². The highest BCUT2D eigenvalue weighted by Crippen LogP contribution is 2.19. The fourth-order valence-electron chi connectivity index (χ4n) is 3.61. The lowest BCUT2D eigenvalue weighted by atomic mass is 9.96. The third kappa shape index (κ3) is 7.30. The van der Waals surface area contributed by atoms with Gasteiger partial charge in [-0.15, -0.1) is 0 Å². The maximum Gasteiger partial charge on any atom is 0.415 e. The number of carbonyl (C=O) groups excluding carboxylic acids is 3. The molecule has 0 radical (unpaired) electrons. The number of alkyl carbamates (subject to hydrolysis) is 2. The lowest BCUT2D eigenvalue weighted by Crippen LogP contribution is -2.46. The Labute approximate surface area is 186 Å². The second-order valence-electron chi connectivity index (χ2n) is 7.78. The van der Waals surface area contributed by atoms with Crippen molar-refractivity contribution in [3.8, 4) is 5.75 Å². The van der Waals surface area contributed by atoms with Crippen LogP contribution in [0.1, 0.15) is 43.2 Å². The molecule has 2 amide bonds. The first-order valence-electron chi connectivity index (χ1n) is 10.8. The zero-order chi connectivity index (χ0) is 22.8. The van der Waals surface area contributed by atoms with Crippen LogP contribution in [0.25, 0.3) is 0 Å². The van der Waals surface area contributed by atoms with Gasteiger partial charge in [0.2, 0.25) is 0 Å². The van der Waals surface area contributed by atoms with Gasteiger partial charge in [0, 0.05) is 12.5 Å². The molecule has 0 aromatic heterocycles. The van der Waals surface area contributed by atoms with Crippen molar-refractivity contribution < 1.29 is 29.0 Å². The number of esters is 1. The fraction of sp³-hybridized carbons (Fsp3) is 0.375. The smallest absolute Gasteiger partial charge is 0.415 e. The molecule has 0 aliphatic heterocycles. The number of aromatic hydroxyl groups is 1. The Hall–Kier alpha value is -3.55. The van der Waals surface area contributed by atoms with Gasteiger partial charge in [-0.3, -0.25) is 0 Å². The third-order valence-corrected chi connectivity index (χ3v) is 5.33. The summed E-state index contributed by atoms with van der Waals surface area (Å²) in [7, 11) is 0. The average molecular weight is 440 g/mol. The number of phenols is 1. The molecule has 8 heteroatoms. The van der Waals surface area contributed by atoms with Gasteiger partial charge in [0.05, 0.1) is 0 Å². The van der Waals surface area contributed by atoms with Crippen LogP contribution in [0.4, 0.5) is 9.59 Å². The Bertz CT molecular complexity index is 912. The van der Waals surface area contributed by atoms with Crippen LogP contribution >= 0.6 is 0 Å². The Kier molecular flexibility index (Phi) is 8.48. The van der Waals surface area contributed by atoms with Crippen LogP contribution < -0.4 is 10.6 Å². The molecule has 3 N–H and O–H groups in total. The highest BCUT2D eigenvalue weighted by molar-refractivity contribution is 5.90. The van der Waals surface area contributed by atoms with E-state index in [1.807, 2.05) is 18.2 Å². The molecule has 1 atom stereocenters. The molecule has 8 nitrogen and oxygen atoms in total. The highest BCUT2D eigenvalue weighted by atomic mass is 16.6. The zero-order valence-corrected chi connectivity index (χ0v) is 17.8. The molecule has 1 aliphatic rings. The van der Waals surface area contributed by atoms with Gasteiger partial charge in [-0.1, -0.05) is 67.8 Å². The average Bonchev–Trinajstić information content (AvgIpc) is 2.80. The Morgan fingerprint density at radius 1 is 0.938 bits per heavy atom. The van der Waals surface area contributed by atoms with E-state index in [1.165, 1.54) is 6.07 Å². The molecule has 1 saturated carbocycles. The maximum absolute atomic E-state index is 12.7. The summed E-state index contributed by atoms with van der Waals surface area (Å²) in [4.78, 5) is 37.2. The van der Waals surface area contributed by atoms with Gasteiger partial charge < -0.3 is 25.2 Å². The Balaban J connectivity index is 1.61. The number of phenolic OH excluding ortho intramolecular Hbond substituents is 1. The molecule has 32 heavy (non-hydrogen) atoms. The second-order valence-corrected chi connectivity index (χ2v) is 7.78. The molecular formula is C24H28N2O6. The molecule has 2 aromatic rings. The first-order chi connectivity index (χ1) is 15.5. The van der Waals surface area contributed by atoms with Gasteiger partial charge in [0.15, 0.2) is 0 Å². The summed E-state index contributed by atoms with van der Waals surface area (Å²) in [6.07, 6.45) is 3.10. The summed E-state index contributed by atoms with van der Waals surface area (Å²) < 4.78 is 10.1. The predicted molar refractivity (Wildman–Crippen MR) is 117 cm³/mol. The summed E-state index contributed by atoms with van der Waals surface area (Å²) in [5.41, 5.74) is 1.21. The first-order valence-corrected chi connectivity index (χ1v) is 10.8. The van der Waals surface area contributed by atoms with Crippen LogP contribution in [0.15, 0.2) is 54.6 Å². The number of nitrogens with one attached hydrogen (secondary N) is 2. The molecule has 1 fully saturated rings. The molecule has 0 bridgehead atoms. The van der Waals surface area contributed by atoms with Gasteiger partial charge in [-0.05, 0) is 30.0 Å². The molecular weight excluding hydrogens is 412 g/mol. The number of amides is 2. The first kappa shape index (κ1) is 23.1. The van der Waals surface area contributed by atoms with Gasteiger partial charge in [0.1, 0.15) is 18.4 Å². The summed E-state index contributed by atoms with van der Waals surface area (Å²) >= 11 is 0. The van der Waals surface area contributed by atoms with Crippen LogP contribution in [0.5, 0.6) is 5.75 Å². The van der Waals surface area contributed by atoms with Crippen molar-refractivity contribution in [3.63, 3.8) is 0 Å². The van der Waals surface area contributed by atoms with Crippen molar-refractivity contribution >= 4 is 18.2 Å². The molecule has 0 heterocycles. The van der Waals surface area contributed by atoms with Crippen molar-refractivity contribution in [2.75, 3.05) is 0 Å². The van der Waals surface area contributed by atoms with Crippen LogP contribution in [0.3, 0.4) is 0 Å². The molecule has 170 valence electrons. The molecule has 1 aliphatic carbocycles. The van der Waals surface area contributed by atoms with Crippen LogP contribution in [-0.2, 0) is 27.3 Å². The lowest BCUT2D eigenvalue weighted by Gasteiger charge is -2.23. The van der Waals surface area contributed by atoms with Crippen LogP contribution in [-0.4, -0.2) is 35.3 Å². The van der Waals surface area contributed by atoms with Gasteiger partial charge in [-0.25, -0.2) is 14.4 Å². The van der Waals surface area contributed by atoms with E-state index in [4.69, 9.17) is 9.47 Å². The molecule has 1 unspecified atom stereocenters. The number of ether oxygens (including phenoxy) is 2. The third-order valence-electron chi connectivity index (χ3n) is 5.33. The highest BCUT2D eigenvalue weighted by Gasteiger charge is 2.28. The number of hydrogen-bond donors (Lipinski definition) is 3. The van der Waals surface area contributed by atoms with Gasteiger partial charge in [0.25, 0.3) is 0 Å². The Morgan fingerprint density at radius 3 is 2.34 bits per heavy atom. The molecule has 3 rings (SSSR count). The SMILES string of the molecule is O=C(NC(Cc1ccccc1O)C(=O)OC(=O)NC1CCCCC1)OCc1ccccc1. The van der Waals surface area contributed by atoms with E-state index in [1.54, 1.807) is 30.3 Å². The largest absolute Gasteiger partial charge is 0.508 e. The topological polar surface area (TPSA) is 114 Å². The second kappa shape index (κ2) is 11.7. The van der Waals surface area contributed by atoms with E-state index in [9.17, 15) is 19.5 Å². The minimum atomic E-state index is -1.22. The Morgan fingerprint density at radius 2 is 1.62 bits per heavy atom. The normalized spacial score (nSPS) is 14.8. The number of rotatable bonds is 7. The molecule has 0 saturated heterocycles. The van der Waals surface area contributed by atoms with E-state index in [0.29, 0.717) is 5.56 Å². The van der Waals surface area contributed by atoms with Gasteiger partial charge in [-0.2, -0.15) is 0 Å². The number of benzene rings is 2. The fourth-order valence-corrected chi connectivity index (χ4v) is 3.61. The summed E-state index contributed by atoms with van der Waals surface area (Å²) in [5.74, 6) is -0.963. The minimum absolute atomic E-state index is 0.0210. The number of hydrogen-bond acceptors (Lipinski definition) is 6. The van der Waals surface area contributed by atoms with E-state index >= 15 is 0 Å². The standard InChI is InChI=1S/C24H28N2O6/c27-21-14-8-7-11-18(21)15-20(26-23(29)31-16-17-9-3-1-4-10-17)22(28)32-24(30)25-19-12-5-2-6-13-19/h1,3-4,7-11,14,19-20,27H,2,5-6,12-13,15-16H2,(H,25,30)(H,26,29). The van der Waals surface area contributed by atoms with E-state index < -0.39 is 24.2 Å². The summed E-state index contributed by atoms with van der Waals surface area (Å²) in [6.45, 7) is 0.0210. The zero-order valence-electron chi connectivity index (χ0n) is 17.8. The van der Waals surface area contributed by atoms with Crippen molar-refractivity contribution in [3.05, 3.63) is 65.7 Å². The summed E-state index contributed by atoms with van der Waals surface area (Å²) in [5, 5.41) is 15.2. The summed E-state index contributed by atoms with van der Waals surface area (Å²) in [6, 6.07) is 14.3. The van der Waals surface area contributed by atoms with E-state index in [2.05, 4.69) is 10.6 Å². The van der Waals surface area contributed by atoms with Crippen molar-refractivity contribution in [1.29, 1.82) is 0 Å². The predicted octanol–water partition coefficient (Wildman–Crippen LogP) is 3.82. The maximum atomic E-state index is 12.7. The van der Waals surface area contributed by atoms with Crippen molar-refractivity contribution in [1.82, 2.24) is 10.6 Å². The molecule has 0 spiro atoms. The monoisotopic (exact) mass is 440 g/mol. The quantitative estimate of drug-likeness (QED) is 0.446. The number of carbonyl (C=O) groups is 3. The van der Waals surface area contributed by atoms with Crippen molar-refractivity contribution in [2.45, 2.75) is 57.2 Å².